The smallest absolute Gasteiger partial charge is 0.119 e. The Morgan fingerprint density at radius 2 is 2.06 bits per heavy atom. The Hall–Kier alpha value is -1.06. The predicted octanol–water partition coefficient (Wildman–Crippen LogP) is 2.30. The summed E-state index contributed by atoms with van der Waals surface area (Å²) in [4.78, 5) is 2.34. The molecule has 3 nitrogen and oxygen atoms in total. The zero-order valence-corrected chi connectivity index (χ0v) is 11.3. The third-order valence-corrected chi connectivity index (χ3v) is 3.57. The second-order valence-corrected chi connectivity index (χ2v) is 5.51. The number of rotatable bonds is 5. The maximum atomic E-state index is 10.1. The Labute approximate surface area is 109 Å². The van der Waals surface area contributed by atoms with Crippen molar-refractivity contribution < 1.29 is 9.84 Å². The summed E-state index contributed by atoms with van der Waals surface area (Å²) in [5, 5.41) is 10.1. The fourth-order valence-corrected chi connectivity index (χ4v) is 2.69. The van der Waals surface area contributed by atoms with Crippen LogP contribution in [0, 0.1) is 0 Å². The van der Waals surface area contributed by atoms with Gasteiger partial charge in [-0.2, -0.15) is 0 Å². The van der Waals surface area contributed by atoms with E-state index in [1.807, 2.05) is 44.2 Å². The molecule has 1 N–H and O–H groups in total. The fraction of sp³-hybridized carbons (Fsp3) is 0.600. The van der Waals surface area contributed by atoms with Crippen LogP contribution in [0.4, 0.5) is 0 Å². The van der Waals surface area contributed by atoms with Gasteiger partial charge in [-0.05, 0) is 45.4 Å². The van der Waals surface area contributed by atoms with Crippen molar-refractivity contribution in [3.8, 4) is 5.75 Å². The molecule has 1 atom stereocenters. The first-order valence-electron chi connectivity index (χ1n) is 6.71. The summed E-state index contributed by atoms with van der Waals surface area (Å²) in [7, 11) is 0. The average Bonchev–Trinajstić information content (AvgIpc) is 2.78. The van der Waals surface area contributed by atoms with Crippen LogP contribution >= 0.6 is 0 Å². The largest absolute Gasteiger partial charge is 0.492 e. The molecule has 0 radical (unpaired) electrons. The minimum absolute atomic E-state index is 0.261. The summed E-state index contributed by atoms with van der Waals surface area (Å²) in [6, 6.07) is 10.1. The first kappa shape index (κ1) is 13.4. The van der Waals surface area contributed by atoms with E-state index < -0.39 is 5.60 Å². The zero-order valence-electron chi connectivity index (χ0n) is 11.3. The van der Waals surface area contributed by atoms with Crippen LogP contribution in [0.3, 0.4) is 0 Å². The number of benzene rings is 1. The predicted molar refractivity (Wildman–Crippen MR) is 72.8 cm³/mol. The Balaban J connectivity index is 1.80. The number of ether oxygens (including phenoxy) is 1. The fourth-order valence-electron chi connectivity index (χ4n) is 2.69. The van der Waals surface area contributed by atoms with Crippen molar-refractivity contribution in [1.29, 1.82) is 0 Å². The molecule has 0 saturated carbocycles. The van der Waals surface area contributed by atoms with E-state index in [9.17, 15) is 5.11 Å². The van der Waals surface area contributed by atoms with E-state index in [-0.39, 0.29) is 6.04 Å². The lowest BCUT2D eigenvalue weighted by atomic mass is 9.97. The first-order chi connectivity index (χ1) is 8.57. The number of likely N-dealkylation sites (tertiary alicyclic amines) is 1. The molecule has 1 unspecified atom stereocenters. The van der Waals surface area contributed by atoms with Crippen molar-refractivity contribution in [2.45, 2.75) is 38.3 Å². The maximum Gasteiger partial charge on any atom is 0.119 e. The number of hydrogen-bond acceptors (Lipinski definition) is 3. The van der Waals surface area contributed by atoms with E-state index in [1.54, 1.807) is 0 Å². The van der Waals surface area contributed by atoms with Gasteiger partial charge in [0.05, 0.1) is 5.60 Å². The number of aliphatic hydroxyl groups is 1. The molecule has 1 aromatic carbocycles. The van der Waals surface area contributed by atoms with Crippen LogP contribution in [0.2, 0.25) is 0 Å². The SMILES string of the molecule is CC(C)(O)C1CCCN1CCOc1ccccc1. The van der Waals surface area contributed by atoms with E-state index in [2.05, 4.69) is 4.90 Å². The topological polar surface area (TPSA) is 32.7 Å². The van der Waals surface area contributed by atoms with Crippen molar-refractivity contribution in [3.63, 3.8) is 0 Å². The standard InChI is InChI=1S/C15H23NO2/c1-15(2,17)14-9-6-10-16(14)11-12-18-13-7-4-3-5-8-13/h3-5,7-8,14,17H,6,9-12H2,1-2H3. The molecule has 0 aromatic heterocycles. The lowest BCUT2D eigenvalue weighted by Gasteiger charge is -2.33. The number of nitrogens with zero attached hydrogens (tertiary/aromatic N) is 1. The number of para-hydroxylation sites is 1. The Bertz CT molecular complexity index is 359. The molecular formula is C15H23NO2. The molecule has 1 fully saturated rings. The maximum absolute atomic E-state index is 10.1. The van der Waals surface area contributed by atoms with Gasteiger partial charge in [0, 0.05) is 12.6 Å². The van der Waals surface area contributed by atoms with Crippen LogP contribution in [-0.4, -0.2) is 41.3 Å². The molecular weight excluding hydrogens is 226 g/mol. The quantitative estimate of drug-likeness (QED) is 0.869. The molecule has 1 aliphatic heterocycles. The molecule has 100 valence electrons. The molecule has 0 aliphatic carbocycles. The van der Waals surface area contributed by atoms with Crippen molar-refractivity contribution in [3.05, 3.63) is 30.3 Å². The molecule has 1 saturated heterocycles. The molecule has 0 bridgehead atoms. The van der Waals surface area contributed by atoms with Crippen molar-refractivity contribution in [1.82, 2.24) is 4.90 Å². The van der Waals surface area contributed by atoms with E-state index in [0.717, 1.165) is 25.3 Å². The van der Waals surface area contributed by atoms with Crippen LogP contribution in [0.5, 0.6) is 5.75 Å². The van der Waals surface area contributed by atoms with Crippen LogP contribution in [0.1, 0.15) is 26.7 Å². The summed E-state index contributed by atoms with van der Waals surface area (Å²) >= 11 is 0. The van der Waals surface area contributed by atoms with Crippen LogP contribution in [-0.2, 0) is 0 Å². The third-order valence-electron chi connectivity index (χ3n) is 3.57. The second-order valence-electron chi connectivity index (χ2n) is 5.51. The van der Waals surface area contributed by atoms with E-state index >= 15 is 0 Å². The highest BCUT2D eigenvalue weighted by atomic mass is 16.5. The molecule has 1 aromatic rings. The second kappa shape index (κ2) is 5.72. The van der Waals surface area contributed by atoms with E-state index in [1.165, 1.54) is 6.42 Å². The van der Waals surface area contributed by atoms with Gasteiger partial charge in [0.1, 0.15) is 12.4 Å². The molecule has 3 heteroatoms. The van der Waals surface area contributed by atoms with Gasteiger partial charge >= 0.3 is 0 Å². The van der Waals surface area contributed by atoms with E-state index in [0.29, 0.717) is 6.61 Å². The monoisotopic (exact) mass is 249 g/mol. The molecule has 1 aliphatic rings. The Kier molecular flexibility index (Phi) is 4.25. The van der Waals surface area contributed by atoms with E-state index in [4.69, 9.17) is 4.74 Å². The summed E-state index contributed by atoms with van der Waals surface area (Å²) in [5.74, 6) is 0.913. The van der Waals surface area contributed by atoms with Gasteiger partial charge in [0.25, 0.3) is 0 Å². The van der Waals surface area contributed by atoms with Crippen molar-refractivity contribution in [2.24, 2.45) is 0 Å². The third kappa shape index (κ3) is 3.47. The number of hydrogen-bond donors (Lipinski definition) is 1. The van der Waals surface area contributed by atoms with Crippen molar-refractivity contribution in [2.75, 3.05) is 19.7 Å². The average molecular weight is 249 g/mol. The van der Waals surface area contributed by atoms with Gasteiger partial charge in [0.2, 0.25) is 0 Å². The van der Waals surface area contributed by atoms with Crippen molar-refractivity contribution >= 4 is 0 Å². The minimum Gasteiger partial charge on any atom is -0.492 e. The summed E-state index contributed by atoms with van der Waals surface area (Å²) in [6.45, 7) is 6.41. The molecule has 0 spiro atoms. The van der Waals surface area contributed by atoms with Gasteiger partial charge in [0.15, 0.2) is 0 Å². The van der Waals surface area contributed by atoms with Crippen LogP contribution in [0.25, 0.3) is 0 Å². The highest BCUT2D eigenvalue weighted by Gasteiger charge is 2.35. The lowest BCUT2D eigenvalue weighted by Crippen LogP contribution is -2.46. The van der Waals surface area contributed by atoms with Gasteiger partial charge in [-0.3, -0.25) is 4.90 Å². The van der Waals surface area contributed by atoms with Gasteiger partial charge in [-0.25, -0.2) is 0 Å². The normalized spacial score (nSPS) is 21.2. The highest BCUT2D eigenvalue weighted by molar-refractivity contribution is 5.20. The van der Waals surface area contributed by atoms with Gasteiger partial charge in [-0.1, -0.05) is 18.2 Å². The minimum atomic E-state index is -0.622. The van der Waals surface area contributed by atoms with Gasteiger partial charge < -0.3 is 9.84 Å². The molecule has 18 heavy (non-hydrogen) atoms. The summed E-state index contributed by atoms with van der Waals surface area (Å²) < 4.78 is 5.71. The lowest BCUT2D eigenvalue weighted by molar-refractivity contribution is -0.00549. The molecule has 1 heterocycles. The van der Waals surface area contributed by atoms with Gasteiger partial charge in [-0.15, -0.1) is 0 Å². The molecule has 2 rings (SSSR count). The van der Waals surface area contributed by atoms with Crippen LogP contribution in [0.15, 0.2) is 30.3 Å². The van der Waals surface area contributed by atoms with Crippen LogP contribution < -0.4 is 4.74 Å². The summed E-state index contributed by atoms with van der Waals surface area (Å²) in [5.41, 5.74) is -0.622. The Morgan fingerprint density at radius 1 is 1.33 bits per heavy atom. The Morgan fingerprint density at radius 3 is 2.72 bits per heavy atom. The molecule has 0 amide bonds. The highest BCUT2D eigenvalue weighted by Crippen LogP contribution is 2.26. The first-order valence-corrected chi connectivity index (χ1v) is 6.71. The zero-order chi connectivity index (χ0) is 13.0. The summed E-state index contributed by atoms with van der Waals surface area (Å²) in [6.07, 6.45) is 2.24.